The number of nitrogens with zero attached hydrogens (tertiary/aromatic N) is 2. The Hall–Kier alpha value is -1.62. The van der Waals surface area contributed by atoms with Crippen molar-refractivity contribution in [1.29, 1.82) is 0 Å². The monoisotopic (exact) mass is 270 g/mol. The average molecular weight is 271 g/mol. The third-order valence-corrected chi connectivity index (χ3v) is 2.59. The summed E-state index contributed by atoms with van der Waals surface area (Å²) < 4.78 is 4.52. The average Bonchev–Trinajstić information content (AvgIpc) is 2.33. The van der Waals surface area contributed by atoms with E-state index >= 15 is 0 Å². The summed E-state index contributed by atoms with van der Waals surface area (Å²) in [5.41, 5.74) is 1.13. The molecule has 0 saturated carbocycles. The van der Waals surface area contributed by atoms with E-state index in [1.54, 1.807) is 20.0 Å². The Labute approximate surface area is 111 Å². The molecule has 1 heterocycles. The zero-order valence-corrected chi connectivity index (χ0v) is 11.3. The summed E-state index contributed by atoms with van der Waals surface area (Å²) in [7, 11) is 2.94. The topological polar surface area (TPSA) is 59.5 Å². The Bertz CT molecular complexity index is 442. The molecule has 6 heteroatoms. The van der Waals surface area contributed by atoms with E-state index in [1.807, 2.05) is 0 Å². The molecule has 0 bridgehead atoms. The van der Waals surface area contributed by atoms with Gasteiger partial charge in [-0.25, -0.2) is 4.98 Å². The van der Waals surface area contributed by atoms with E-state index in [2.05, 4.69) is 9.72 Å². The SMILES string of the molecule is COC(=O)CCN(C)C(=O)c1cc(C)nc(Cl)c1. The van der Waals surface area contributed by atoms with E-state index in [9.17, 15) is 9.59 Å². The molecule has 0 unspecified atom stereocenters. The lowest BCUT2D eigenvalue weighted by Gasteiger charge is -2.16. The summed E-state index contributed by atoms with van der Waals surface area (Å²) in [5.74, 6) is -0.551. The van der Waals surface area contributed by atoms with Crippen LogP contribution in [-0.2, 0) is 9.53 Å². The highest BCUT2D eigenvalue weighted by Crippen LogP contribution is 2.12. The number of aromatic nitrogens is 1. The van der Waals surface area contributed by atoms with Crippen LogP contribution in [0.4, 0.5) is 0 Å². The molecule has 0 aliphatic rings. The first-order valence-electron chi connectivity index (χ1n) is 5.40. The molecule has 1 aromatic heterocycles. The number of hydrogen-bond acceptors (Lipinski definition) is 4. The van der Waals surface area contributed by atoms with Crippen LogP contribution in [0, 0.1) is 6.92 Å². The quantitative estimate of drug-likeness (QED) is 0.617. The van der Waals surface area contributed by atoms with Crippen molar-refractivity contribution in [2.75, 3.05) is 20.7 Å². The molecule has 0 spiro atoms. The number of esters is 1. The van der Waals surface area contributed by atoms with E-state index in [-0.39, 0.29) is 23.5 Å². The number of methoxy groups -OCH3 is 1. The predicted molar refractivity (Wildman–Crippen MR) is 67.6 cm³/mol. The summed E-state index contributed by atoms with van der Waals surface area (Å²) in [5, 5.41) is 0.278. The molecule has 0 radical (unpaired) electrons. The van der Waals surface area contributed by atoms with Crippen LogP contribution in [0.15, 0.2) is 12.1 Å². The van der Waals surface area contributed by atoms with Crippen molar-refractivity contribution >= 4 is 23.5 Å². The van der Waals surface area contributed by atoms with Gasteiger partial charge in [-0.1, -0.05) is 11.6 Å². The number of rotatable bonds is 4. The van der Waals surface area contributed by atoms with Crippen LogP contribution in [0.1, 0.15) is 22.5 Å². The largest absolute Gasteiger partial charge is 0.469 e. The molecular weight excluding hydrogens is 256 g/mol. The third-order valence-electron chi connectivity index (χ3n) is 2.39. The maximum absolute atomic E-state index is 12.0. The first-order chi connectivity index (χ1) is 8.43. The molecule has 0 aliphatic carbocycles. The molecular formula is C12H15ClN2O3. The van der Waals surface area contributed by atoms with Crippen LogP contribution >= 0.6 is 11.6 Å². The maximum Gasteiger partial charge on any atom is 0.307 e. The smallest absolute Gasteiger partial charge is 0.307 e. The zero-order valence-electron chi connectivity index (χ0n) is 10.6. The van der Waals surface area contributed by atoms with Crippen LogP contribution in [0.25, 0.3) is 0 Å². The highest BCUT2D eigenvalue weighted by molar-refractivity contribution is 6.29. The molecule has 0 fully saturated rings. The third kappa shape index (κ3) is 4.00. The summed E-state index contributed by atoms with van der Waals surface area (Å²) in [6, 6.07) is 3.16. The van der Waals surface area contributed by atoms with Crippen molar-refractivity contribution in [1.82, 2.24) is 9.88 Å². The number of ether oxygens (including phenoxy) is 1. The van der Waals surface area contributed by atoms with Gasteiger partial charge in [-0.05, 0) is 19.1 Å². The van der Waals surface area contributed by atoms with Gasteiger partial charge >= 0.3 is 5.97 Å². The van der Waals surface area contributed by atoms with Crippen LogP contribution in [0.5, 0.6) is 0 Å². The minimum Gasteiger partial charge on any atom is -0.469 e. The summed E-state index contributed by atoms with van der Waals surface area (Å²) in [6.45, 7) is 2.06. The highest BCUT2D eigenvalue weighted by Gasteiger charge is 2.14. The lowest BCUT2D eigenvalue weighted by atomic mass is 10.2. The van der Waals surface area contributed by atoms with E-state index in [4.69, 9.17) is 11.6 Å². The minimum atomic E-state index is -0.349. The van der Waals surface area contributed by atoms with Gasteiger partial charge in [0.05, 0.1) is 13.5 Å². The molecule has 1 amide bonds. The van der Waals surface area contributed by atoms with Gasteiger partial charge in [-0.15, -0.1) is 0 Å². The highest BCUT2D eigenvalue weighted by atomic mass is 35.5. The number of hydrogen-bond donors (Lipinski definition) is 0. The van der Waals surface area contributed by atoms with Gasteiger partial charge in [0, 0.05) is 24.8 Å². The number of halogens is 1. The Morgan fingerprint density at radius 2 is 2.11 bits per heavy atom. The van der Waals surface area contributed by atoms with Crippen LogP contribution in [0.3, 0.4) is 0 Å². The van der Waals surface area contributed by atoms with E-state index in [0.29, 0.717) is 17.8 Å². The van der Waals surface area contributed by atoms with Crippen molar-refractivity contribution < 1.29 is 14.3 Å². The molecule has 0 atom stereocenters. The number of carbonyl (C=O) groups excluding carboxylic acids is 2. The second kappa shape index (κ2) is 6.35. The lowest BCUT2D eigenvalue weighted by Crippen LogP contribution is -2.29. The molecule has 1 rings (SSSR count). The van der Waals surface area contributed by atoms with Crippen LogP contribution < -0.4 is 0 Å². The van der Waals surface area contributed by atoms with Gasteiger partial charge in [0.2, 0.25) is 0 Å². The second-order valence-corrected chi connectivity index (χ2v) is 4.26. The van der Waals surface area contributed by atoms with Gasteiger partial charge in [0.25, 0.3) is 5.91 Å². The van der Waals surface area contributed by atoms with Gasteiger partial charge < -0.3 is 9.64 Å². The van der Waals surface area contributed by atoms with Gasteiger partial charge in [-0.2, -0.15) is 0 Å². The summed E-state index contributed by atoms with van der Waals surface area (Å²) >= 11 is 5.79. The first-order valence-corrected chi connectivity index (χ1v) is 5.78. The molecule has 1 aromatic rings. The molecule has 0 aromatic carbocycles. The van der Waals surface area contributed by atoms with E-state index in [0.717, 1.165) is 0 Å². The van der Waals surface area contributed by atoms with Crippen molar-refractivity contribution in [3.05, 3.63) is 28.5 Å². The Morgan fingerprint density at radius 1 is 1.44 bits per heavy atom. The fourth-order valence-electron chi connectivity index (χ4n) is 1.43. The van der Waals surface area contributed by atoms with Gasteiger partial charge in [0.1, 0.15) is 5.15 Å². The van der Waals surface area contributed by atoms with Gasteiger partial charge in [-0.3, -0.25) is 9.59 Å². The van der Waals surface area contributed by atoms with Crippen molar-refractivity contribution in [2.45, 2.75) is 13.3 Å². The normalized spacial score (nSPS) is 10.0. The van der Waals surface area contributed by atoms with Crippen molar-refractivity contribution in [3.63, 3.8) is 0 Å². The molecule has 0 N–H and O–H groups in total. The lowest BCUT2D eigenvalue weighted by molar-refractivity contribution is -0.140. The molecule has 98 valence electrons. The Morgan fingerprint density at radius 3 is 2.67 bits per heavy atom. The first kappa shape index (κ1) is 14.4. The van der Waals surface area contributed by atoms with Gasteiger partial charge in [0.15, 0.2) is 0 Å². The van der Waals surface area contributed by atoms with Crippen molar-refractivity contribution in [2.24, 2.45) is 0 Å². The second-order valence-electron chi connectivity index (χ2n) is 3.87. The van der Waals surface area contributed by atoms with Crippen LogP contribution in [0.2, 0.25) is 5.15 Å². The maximum atomic E-state index is 12.0. The molecule has 0 saturated heterocycles. The van der Waals surface area contributed by atoms with Crippen LogP contribution in [-0.4, -0.2) is 42.5 Å². The minimum absolute atomic E-state index is 0.163. The number of amides is 1. The number of pyridine rings is 1. The molecule has 18 heavy (non-hydrogen) atoms. The number of aryl methyl sites for hydroxylation is 1. The standard InChI is InChI=1S/C12H15ClN2O3/c1-8-6-9(7-10(13)14-8)12(17)15(2)5-4-11(16)18-3/h6-7H,4-5H2,1-3H3. The van der Waals surface area contributed by atoms with E-state index < -0.39 is 0 Å². The fourth-order valence-corrected chi connectivity index (χ4v) is 1.69. The number of carbonyl (C=O) groups is 2. The zero-order chi connectivity index (χ0) is 13.7. The fraction of sp³-hybridized carbons (Fsp3) is 0.417. The van der Waals surface area contributed by atoms with E-state index in [1.165, 1.54) is 18.1 Å². The van der Waals surface area contributed by atoms with Crippen molar-refractivity contribution in [3.8, 4) is 0 Å². The molecule has 5 nitrogen and oxygen atoms in total. The molecule has 0 aliphatic heterocycles. The Kier molecular flexibility index (Phi) is 5.09. The summed E-state index contributed by atoms with van der Waals surface area (Å²) in [6.07, 6.45) is 0.163. The Balaban J connectivity index is 2.71. The predicted octanol–water partition coefficient (Wildman–Crippen LogP) is 1.68. The summed E-state index contributed by atoms with van der Waals surface area (Å²) in [4.78, 5) is 28.5.